The Kier molecular flexibility index (Phi) is 18.0. The van der Waals surface area contributed by atoms with Gasteiger partial charge in [-0.1, -0.05) is 43.7 Å². The Morgan fingerprint density at radius 2 is 1.72 bits per heavy atom. The number of Topliss-reactive ketones (excluding diaryl/α,β-unsaturated/α-hetero) is 1. The van der Waals surface area contributed by atoms with Crippen LogP contribution in [0.15, 0.2) is 58.5 Å². The molecule has 46 heavy (non-hydrogen) atoms. The molecular weight excluding hydrogens is 590 g/mol. The van der Waals surface area contributed by atoms with Gasteiger partial charge in [0.25, 0.3) is 5.91 Å². The third-order valence-corrected chi connectivity index (χ3v) is 7.86. The molecule has 2 aliphatic rings. The highest BCUT2D eigenvalue weighted by Gasteiger charge is 2.32. The van der Waals surface area contributed by atoms with Crippen LogP contribution < -0.4 is 16.4 Å². The molecule has 1 heterocycles. The summed E-state index contributed by atoms with van der Waals surface area (Å²) in [4.78, 5) is 40.1. The molecule has 0 unspecified atom stereocenters. The first-order valence-electron chi connectivity index (χ1n) is 16.1. The smallest absolute Gasteiger partial charge is 0.251 e. The van der Waals surface area contributed by atoms with E-state index in [2.05, 4.69) is 10.6 Å². The Morgan fingerprint density at radius 1 is 1.02 bits per heavy atom. The molecular formula is C35H54N3O8. The molecule has 5 atom stereocenters. The molecule has 0 aromatic rings. The number of aliphatic hydroxyl groups excluding tert-OH is 1. The Labute approximate surface area is 274 Å². The zero-order valence-corrected chi connectivity index (χ0v) is 28.3. The maximum atomic E-state index is 13.8. The summed E-state index contributed by atoms with van der Waals surface area (Å²) < 4.78 is 22.3. The lowest BCUT2D eigenvalue weighted by Gasteiger charge is -2.29. The Hall–Kier alpha value is -2.93. The summed E-state index contributed by atoms with van der Waals surface area (Å²) >= 11 is 0. The van der Waals surface area contributed by atoms with Crippen molar-refractivity contribution >= 4 is 17.5 Å². The van der Waals surface area contributed by atoms with Crippen LogP contribution in [-0.4, -0.2) is 94.6 Å². The van der Waals surface area contributed by atoms with Crippen LogP contribution in [0, 0.1) is 18.3 Å². The van der Waals surface area contributed by atoms with E-state index in [-0.39, 0.29) is 41.3 Å². The molecule has 0 spiro atoms. The van der Waals surface area contributed by atoms with Gasteiger partial charge in [-0.3, -0.25) is 14.4 Å². The second-order valence-electron chi connectivity index (χ2n) is 11.9. The normalized spacial score (nSPS) is 28.6. The van der Waals surface area contributed by atoms with E-state index in [1.165, 1.54) is 6.08 Å². The number of aliphatic hydroxyl groups is 1. The minimum absolute atomic E-state index is 0.0739. The van der Waals surface area contributed by atoms with Crippen molar-refractivity contribution in [3.05, 3.63) is 64.9 Å². The topological polar surface area (TPSA) is 158 Å². The van der Waals surface area contributed by atoms with Crippen LogP contribution in [0.25, 0.3) is 0 Å². The van der Waals surface area contributed by atoms with E-state index in [9.17, 15) is 19.5 Å². The van der Waals surface area contributed by atoms with Crippen LogP contribution in [0.1, 0.15) is 53.4 Å². The van der Waals surface area contributed by atoms with Crippen LogP contribution >= 0.6 is 0 Å². The number of fused-ring (bicyclic) bond motifs is 2. The van der Waals surface area contributed by atoms with Gasteiger partial charge in [0.1, 0.15) is 0 Å². The average Bonchev–Trinajstić information content (AvgIpc) is 3.02. The quantitative estimate of drug-likeness (QED) is 0.174. The van der Waals surface area contributed by atoms with Gasteiger partial charge >= 0.3 is 0 Å². The van der Waals surface area contributed by atoms with Crippen molar-refractivity contribution in [1.29, 1.82) is 0 Å². The molecule has 2 bridgehead atoms. The number of hydrogen-bond donors (Lipinski definition) is 4. The van der Waals surface area contributed by atoms with Crippen molar-refractivity contribution in [3.63, 3.8) is 0 Å². The van der Waals surface area contributed by atoms with Gasteiger partial charge in [-0.05, 0) is 52.0 Å². The lowest BCUT2D eigenvalue weighted by molar-refractivity contribution is -0.120. The number of nitrogens with two attached hydrogens (primary N) is 1. The molecule has 0 aromatic heterocycles. The number of carbonyl (C=O) groups is 3. The summed E-state index contributed by atoms with van der Waals surface area (Å²) in [5.74, 6) is -1.69. The van der Waals surface area contributed by atoms with Crippen molar-refractivity contribution in [2.24, 2.45) is 17.6 Å². The minimum Gasteiger partial charge on any atom is -0.390 e. The molecule has 1 aliphatic carbocycles. The Balaban J connectivity index is 2.30. The summed E-state index contributed by atoms with van der Waals surface area (Å²) in [6.45, 7) is 10.4. The van der Waals surface area contributed by atoms with Gasteiger partial charge in [-0.25, -0.2) is 0 Å². The van der Waals surface area contributed by atoms with E-state index >= 15 is 0 Å². The van der Waals surface area contributed by atoms with Gasteiger partial charge in [-0.15, -0.1) is 0 Å². The van der Waals surface area contributed by atoms with E-state index in [4.69, 9.17) is 24.7 Å². The second-order valence-corrected chi connectivity index (χ2v) is 11.9. The molecule has 11 heteroatoms. The molecule has 1 radical (unpaired) electrons. The number of carbonyl (C=O) groups excluding carboxylic acids is 3. The second kappa shape index (κ2) is 21.0. The van der Waals surface area contributed by atoms with E-state index in [1.807, 2.05) is 33.3 Å². The largest absolute Gasteiger partial charge is 0.390 e. The molecule has 1 aliphatic heterocycles. The highest BCUT2D eigenvalue weighted by Crippen LogP contribution is 2.28. The van der Waals surface area contributed by atoms with E-state index in [1.54, 1.807) is 39.4 Å². The summed E-state index contributed by atoms with van der Waals surface area (Å²) in [6, 6.07) is 0. The summed E-state index contributed by atoms with van der Waals surface area (Å²) in [5, 5.41) is 17.0. The first-order chi connectivity index (χ1) is 22.0. The number of ketones is 2. The van der Waals surface area contributed by atoms with Gasteiger partial charge in [0, 0.05) is 63.5 Å². The van der Waals surface area contributed by atoms with Crippen molar-refractivity contribution in [3.8, 4) is 0 Å². The summed E-state index contributed by atoms with van der Waals surface area (Å²) in [5.41, 5.74) is 7.16. The average molecular weight is 645 g/mol. The standard InChI is InChI=1S/C35H54N3O8/c1-23-18-26(4)33(40)31(44-6)21-24(2)20-28-32(37-13-9-15-46-17-16-45-14-8-12-36)30(39)22-29(34(28)41)38-35(42)25(3)10-7-11-27(19-23)43-5/h7,10-11,18-19,22,24,26-27,31,33,37,40H,8-9,12-17,20-21,36H2,1-6H3,(H,38,42)/b11-7-,23-18+,25-10+/t24-,26+,27-,31+,33-/m0/s1. The molecule has 0 aromatic carbocycles. The van der Waals surface area contributed by atoms with Crippen LogP contribution in [0.3, 0.4) is 0 Å². The van der Waals surface area contributed by atoms with Gasteiger partial charge < -0.3 is 40.4 Å². The van der Waals surface area contributed by atoms with Gasteiger partial charge in [0.15, 0.2) is 0 Å². The predicted molar refractivity (Wildman–Crippen MR) is 177 cm³/mol. The first kappa shape index (κ1) is 39.2. The van der Waals surface area contributed by atoms with Crippen molar-refractivity contribution in [1.82, 2.24) is 10.6 Å². The third kappa shape index (κ3) is 13.1. The summed E-state index contributed by atoms with van der Waals surface area (Å²) in [7, 11) is 3.14. The van der Waals surface area contributed by atoms with Gasteiger partial charge in [0.2, 0.25) is 11.6 Å². The molecule has 257 valence electrons. The molecule has 0 saturated carbocycles. The maximum Gasteiger partial charge on any atom is 0.251 e. The fourth-order valence-corrected chi connectivity index (χ4v) is 5.25. The predicted octanol–water partition coefficient (Wildman–Crippen LogP) is 2.86. The number of methoxy groups -OCH3 is 2. The Bertz CT molecular complexity index is 1170. The van der Waals surface area contributed by atoms with Crippen LogP contribution in [0.4, 0.5) is 0 Å². The lowest BCUT2D eigenvalue weighted by Crippen LogP contribution is -2.37. The number of hydrogen-bond acceptors (Lipinski definition) is 10. The van der Waals surface area contributed by atoms with Gasteiger partial charge in [0.05, 0.1) is 42.9 Å². The van der Waals surface area contributed by atoms with Crippen molar-refractivity contribution < 1.29 is 38.4 Å². The third-order valence-electron chi connectivity index (χ3n) is 7.86. The Morgan fingerprint density at radius 3 is 2.37 bits per heavy atom. The maximum absolute atomic E-state index is 13.8. The fourth-order valence-electron chi connectivity index (χ4n) is 5.25. The highest BCUT2D eigenvalue weighted by atomic mass is 16.5. The molecule has 11 nitrogen and oxygen atoms in total. The number of ether oxygens (including phenoxy) is 4. The zero-order valence-electron chi connectivity index (χ0n) is 28.3. The van der Waals surface area contributed by atoms with Gasteiger partial charge in [-0.2, -0.15) is 0 Å². The van der Waals surface area contributed by atoms with E-state index in [0.717, 1.165) is 12.0 Å². The van der Waals surface area contributed by atoms with E-state index < -0.39 is 29.7 Å². The molecule has 5 N–H and O–H groups in total. The van der Waals surface area contributed by atoms with Crippen LogP contribution in [0.5, 0.6) is 0 Å². The van der Waals surface area contributed by atoms with Crippen LogP contribution in [-0.2, 0) is 33.3 Å². The number of allylic oxidation sites excluding steroid dienone is 4. The fraction of sp³-hybridized carbons (Fsp3) is 0.600. The molecule has 0 fully saturated rings. The van der Waals surface area contributed by atoms with E-state index in [0.29, 0.717) is 57.9 Å². The monoisotopic (exact) mass is 644 g/mol. The highest BCUT2D eigenvalue weighted by molar-refractivity contribution is 6.23. The van der Waals surface area contributed by atoms with Crippen LogP contribution in [0.2, 0.25) is 0 Å². The SMILES string of the molecule is CO[C@@H]1[CH]/C(C)=C/[C@@H](C)[C@H](O)[C@H](OC)C[C@@H](C)CC2=C(NCCCOCCOCCCN)C(=O)C=C(NC(=O)/C(C)=C/C=C\1)C2=O. The molecule has 1 amide bonds. The summed E-state index contributed by atoms with van der Waals surface area (Å²) in [6.07, 6.45) is 10.6. The minimum atomic E-state index is -0.809. The lowest BCUT2D eigenvalue weighted by atomic mass is 9.85. The number of rotatable bonds is 13. The molecule has 2 rings (SSSR count). The molecule has 0 saturated heterocycles. The van der Waals surface area contributed by atoms with Crippen molar-refractivity contribution in [2.75, 3.05) is 53.7 Å². The number of nitrogens with one attached hydrogen (secondary N) is 2. The number of amides is 1. The zero-order chi connectivity index (χ0) is 34.1. The first-order valence-corrected chi connectivity index (χ1v) is 16.1. The van der Waals surface area contributed by atoms with Crippen molar-refractivity contribution in [2.45, 2.75) is 71.7 Å².